The summed E-state index contributed by atoms with van der Waals surface area (Å²) in [6, 6.07) is 8.42. The highest BCUT2D eigenvalue weighted by Gasteiger charge is 2.08. The highest BCUT2D eigenvalue weighted by molar-refractivity contribution is 9.10. The number of benzene rings is 1. The summed E-state index contributed by atoms with van der Waals surface area (Å²) < 4.78 is 5.98. The number of hydrogen-bond donors (Lipinski definition) is 2. The van der Waals surface area contributed by atoms with Crippen LogP contribution >= 0.6 is 15.9 Å². The minimum Gasteiger partial charge on any atom is -0.495 e. The molecule has 5 nitrogen and oxygen atoms in total. The average molecular weight is 322 g/mol. The molecule has 1 heterocycles. The van der Waals surface area contributed by atoms with Gasteiger partial charge in [-0.2, -0.15) is 0 Å². The van der Waals surface area contributed by atoms with Gasteiger partial charge >= 0.3 is 0 Å². The molecule has 1 aromatic heterocycles. The Labute approximate surface area is 118 Å². The van der Waals surface area contributed by atoms with Crippen molar-refractivity contribution in [2.75, 3.05) is 18.2 Å². The Kier molecular flexibility index (Phi) is 4.01. The van der Waals surface area contributed by atoms with Crippen molar-refractivity contribution in [1.82, 2.24) is 4.98 Å². The molecule has 0 saturated carbocycles. The standard InChI is InChI=1S/C13H12BrN3O2/c1-19-11-7-9(2-3-10(11)14)17-13(18)8-4-5-16-12(15)6-8/h2-7H,1H3,(H2,15,16)(H,17,18). The molecule has 98 valence electrons. The second-order valence-corrected chi connectivity index (χ2v) is 4.63. The van der Waals surface area contributed by atoms with Crippen LogP contribution in [0.5, 0.6) is 5.75 Å². The summed E-state index contributed by atoms with van der Waals surface area (Å²) in [4.78, 5) is 15.8. The Hall–Kier alpha value is -2.08. The number of nitrogens with one attached hydrogen (secondary N) is 1. The quantitative estimate of drug-likeness (QED) is 0.911. The second-order valence-electron chi connectivity index (χ2n) is 3.77. The number of nitrogens with zero attached hydrogens (tertiary/aromatic N) is 1. The fourth-order valence-corrected chi connectivity index (χ4v) is 1.94. The number of carbonyl (C=O) groups excluding carboxylic acids is 1. The van der Waals surface area contributed by atoms with E-state index in [2.05, 4.69) is 26.2 Å². The van der Waals surface area contributed by atoms with Gasteiger partial charge in [0, 0.05) is 23.5 Å². The maximum Gasteiger partial charge on any atom is 0.255 e. The summed E-state index contributed by atoms with van der Waals surface area (Å²) in [5, 5.41) is 2.76. The number of nitrogens with two attached hydrogens (primary N) is 1. The number of hydrogen-bond acceptors (Lipinski definition) is 4. The van der Waals surface area contributed by atoms with Crippen LogP contribution in [0.4, 0.5) is 11.5 Å². The molecule has 1 amide bonds. The Balaban J connectivity index is 2.19. The molecule has 0 fully saturated rings. The van der Waals surface area contributed by atoms with Gasteiger partial charge in [-0.05, 0) is 40.2 Å². The fourth-order valence-electron chi connectivity index (χ4n) is 1.53. The molecule has 0 atom stereocenters. The largest absolute Gasteiger partial charge is 0.495 e. The molecule has 0 unspecified atom stereocenters. The Morgan fingerprint density at radius 2 is 2.16 bits per heavy atom. The lowest BCUT2D eigenvalue weighted by atomic mass is 10.2. The van der Waals surface area contributed by atoms with Crippen LogP contribution in [0.3, 0.4) is 0 Å². The fraction of sp³-hybridized carbons (Fsp3) is 0.0769. The average Bonchev–Trinajstić information content (AvgIpc) is 2.41. The van der Waals surface area contributed by atoms with Gasteiger partial charge in [0.25, 0.3) is 5.91 Å². The van der Waals surface area contributed by atoms with Gasteiger partial charge in [-0.25, -0.2) is 4.98 Å². The highest BCUT2D eigenvalue weighted by Crippen LogP contribution is 2.28. The lowest BCUT2D eigenvalue weighted by molar-refractivity contribution is 0.102. The number of anilines is 2. The smallest absolute Gasteiger partial charge is 0.255 e. The van der Waals surface area contributed by atoms with E-state index in [0.29, 0.717) is 22.8 Å². The predicted octanol–water partition coefficient (Wildman–Crippen LogP) is 2.69. The maximum atomic E-state index is 12.0. The summed E-state index contributed by atoms with van der Waals surface area (Å²) in [6.45, 7) is 0. The Bertz CT molecular complexity index is 617. The van der Waals surface area contributed by atoms with E-state index in [1.807, 2.05) is 0 Å². The zero-order chi connectivity index (χ0) is 13.8. The van der Waals surface area contributed by atoms with Gasteiger partial charge in [-0.15, -0.1) is 0 Å². The van der Waals surface area contributed by atoms with E-state index < -0.39 is 0 Å². The molecule has 2 aromatic rings. The SMILES string of the molecule is COc1cc(NC(=O)c2ccnc(N)c2)ccc1Br. The van der Waals surface area contributed by atoms with Crippen molar-refractivity contribution in [3.8, 4) is 5.75 Å². The van der Waals surface area contributed by atoms with Gasteiger partial charge in [0.05, 0.1) is 11.6 Å². The molecule has 0 aliphatic rings. The molecule has 0 spiro atoms. The first-order chi connectivity index (χ1) is 9.10. The molecule has 1 aromatic carbocycles. The molecule has 0 aliphatic carbocycles. The van der Waals surface area contributed by atoms with Crippen LogP contribution in [-0.2, 0) is 0 Å². The number of nitrogen functional groups attached to an aromatic ring is 1. The summed E-state index contributed by atoms with van der Waals surface area (Å²) in [5.74, 6) is 0.701. The van der Waals surface area contributed by atoms with E-state index in [0.717, 1.165) is 4.47 Å². The van der Waals surface area contributed by atoms with E-state index in [4.69, 9.17) is 10.5 Å². The van der Waals surface area contributed by atoms with Crippen LogP contribution in [0.25, 0.3) is 0 Å². The minimum atomic E-state index is -0.251. The van der Waals surface area contributed by atoms with E-state index in [9.17, 15) is 4.79 Å². The lowest BCUT2D eigenvalue weighted by Crippen LogP contribution is -2.12. The van der Waals surface area contributed by atoms with Crippen LogP contribution in [-0.4, -0.2) is 18.0 Å². The van der Waals surface area contributed by atoms with Crippen molar-refractivity contribution >= 4 is 33.3 Å². The van der Waals surface area contributed by atoms with Gasteiger partial charge in [0.1, 0.15) is 11.6 Å². The molecule has 0 radical (unpaired) electrons. The van der Waals surface area contributed by atoms with Gasteiger partial charge in [-0.1, -0.05) is 0 Å². The number of rotatable bonds is 3. The summed E-state index contributed by atoms with van der Waals surface area (Å²) >= 11 is 3.35. The van der Waals surface area contributed by atoms with Crippen molar-refractivity contribution < 1.29 is 9.53 Å². The summed E-state index contributed by atoms with van der Waals surface area (Å²) in [7, 11) is 1.56. The summed E-state index contributed by atoms with van der Waals surface area (Å²) in [5.41, 5.74) is 6.63. The molecular formula is C13H12BrN3O2. The number of halogens is 1. The first-order valence-electron chi connectivity index (χ1n) is 5.46. The van der Waals surface area contributed by atoms with Crippen molar-refractivity contribution in [2.45, 2.75) is 0 Å². The van der Waals surface area contributed by atoms with Gasteiger partial charge in [0.15, 0.2) is 0 Å². The van der Waals surface area contributed by atoms with E-state index in [1.54, 1.807) is 31.4 Å². The van der Waals surface area contributed by atoms with Crippen LogP contribution in [0.15, 0.2) is 41.0 Å². The molecule has 19 heavy (non-hydrogen) atoms. The minimum absolute atomic E-state index is 0.251. The Morgan fingerprint density at radius 1 is 1.37 bits per heavy atom. The second kappa shape index (κ2) is 5.71. The van der Waals surface area contributed by atoms with E-state index in [-0.39, 0.29) is 5.91 Å². The van der Waals surface area contributed by atoms with Crippen LogP contribution < -0.4 is 15.8 Å². The van der Waals surface area contributed by atoms with Crippen molar-refractivity contribution in [1.29, 1.82) is 0 Å². The third kappa shape index (κ3) is 3.23. The first-order valence-corrected chi connectivity index (χ1v) is 6.26. The van der Waals surface area contributed by atoms with Crippen molar-refractivity contribution in [3.63, 3.8) is 0 Å². The third-order valence-corrected chi connectivity index (χ3v) is 3.11. The van der Waals surface area contributed by atoms with Crippen LogP contribution in [0.2, 0.25) is 0 Å². The number of aromatic nitrogens is 1. The molecule has 3 N–H and O–H groups in total. The highest BCUT2D eigenvalue weighted by atomic mass is 79.9. The van der Waals surface area contributed by atoms with Gasteiger partial charge in [-0.3, -0.25) is 4.79 Å². The maximum absolute atomic E-state index is 12.0. The number of pyridine rings is 1. The molecule has 0 saturated heterocycles. The Morgan fingerprint density at radius 3 is 2.84 bits per heavy atom. The number of amides is 1. The van der Waals surface area contributed by atoms with Crippen molar-refractivity contribution in [3.05, 3.63) is 46.6 Å². The molecule has 0 bridgehead atoms. The number of ether oxygens (including phenoxy) is 1. The molecule has 6 heteroatoms. The molecular weight excluding hydrogens is 310 g/mol. The normalized spacial score (nSPS) is 10.0. The molecule has 0 aliphatic heterocycles. The zero-order valence-electron chi connectivity index (χ0n) is 10.2. The lowest BCUT2D eigenvalue weighted by Gasteiger charge is -2.08. The number of methoxy groups -OCH3 is 1. The van der Waals surface area contributed by atoms with Gasteiger partial charge in [0.2, 0.25) is 0 Å². The monoisotopic (exact) mass is 321 g/mol. The van der Waals surface area contributed by atoms with Crippen LogP contribution in [0.1, 0.15) is 10.4 Å². The predicted molar refractivity (Wildman–Crippen MR) is 77.3 cm³/mol. The summed E-state index contributed by atoms with van der Waals surface area (Å²) in [6.07, 6.45) is 1.49. The zero-order valence-corrected chi connectivity index (χ0v) is 11.8. The van der Waals surface area contributed by atoms with Crippen molar-refractivity contribution in [2.24, 2.45) is 0 Å². The third-order valence-electron chi connectivity index (χ3n) is 2.45. The topological polar surface area (TPSA) is 77.2 Å². The first kappa shape index (κ1) is 13.4. The number of carbonyl (C=O) groups is 1. The van der Waals surface area contributed by atoms with Crippen LogP contribution in [0, 0.1) is 0 Å². The van der Waals surface area contributed by atoms with Gasteiger partial charge < -0.3 is 15.8 Å². The van der Waals surface area contributed by atoms with E-state index >= 15 is 0 Å². The molecule has 2 rings (SSSR count). The van der Waals surface area contributed by atoms with E-state index in [1.165, 1.54) is 12.3 Å².